The van der Waals surface area contributed by atoms with Gasteiger partial charge in [-0.25, -0.2) is 9.97 Å². The van der Waals surface area contributed by atoms with Crippen LogP contribution in [0.2, 0.25) is 0 Å². The van der Waals surface area contributed by atoms with E-state index in [1.807, 2.05) is 55.2 Å². The Bertz CT molecular complexity index is 609. The minimum absolute atomic E-state index is 0.0120. The number of anilines is 1. The lowest BCUT2D eigenvalue weighted by Crippen LogP contribution is -2.38. The summed E-state index contributed by atoms with van der Waals surface area (Å²) in [5, 5.41) is 3.84. The highest BCUT2D eigenvalue weighted by Gasteiger charge is 2.11. The highest BCUT2D eigenvalue weighted by Crippen LogP contribution is 2.20. The normalized spacial score (nSPS) is 10.9. The number of carbonyl (C=O) groups excluding carboxylic acids is 1. The molecule has 1 N–H and O–H groups in total. The lowest BCUT2D eigenvalue weighted by atomic mass is 10.2. The predicted molar refractivity (Wildman–Crippen MR) is 84.4 cm³/mol. The summed E-state index contributed by atoms with van der Waals surface area (Å²) < 4.78 is 0. The van der Waals surface area contributed by atoms with E-state index in [1.54, 1.807) is 0 Å². The first-order chi connectivity index (χ1) is 10.1. The molecule has 2 rings (SSSR count). The molecule has 112 valence electrons. The maximum Gasteiger partial charge on any atom is 0.239 e. The van der Waals surface area contributed by atoms with Gasteiger partial charge in [-0.2, -0.15) is 0 Å². The summed E-state index contributed by atoms with van der Waals surface area (Å²) in [6, 6.07) is 7.78. The molecule has 6 heteroatoms. The monoisotopic (exact) mass is 287 g/mol. The van der Waals surface area contributed by atoms with Crippen LogP contribution in [-0.2, 0) is 4.79 Å². The molecule has 2 aromatic rings. The van der Waals surface area contributed by atoms with Crippen LogP contribution in [0.4, 0.5) is 5.82 Å². The lowest BCUT2D eigenvalue weighted by molar-refractivity contribution is -0.119. The van der Waals surface area contributed by atoms with Gasteiger partial charge in [0.15, 0.2) is 0 Å². The second-order valence-electron chi connectivity index (χ2n) is 5.22. The average Bonchev–Trinajstić information content (AvgIpc) is 2.46. The van der Waals surface area contributed by atoms with Crippen molar-refractivity contribution in [2.75, 3.05) is 45.7 Å². The molecule has 0 fully saturated rings. The molecule has 1 aromatic heterocycles. The fourth-order valence-corrected chi connectivity index (χ4v) is 2.06. The second kappa shape index (κ2) is 6.99. The van der Waals surface area contributed by atoms with Gasteiger partial charge in [0.2, 0.25) is 5.91 Å². The van der Waals surface area contributed by atoms with Crippen molar-refractivity contribution in [1.82, 2.24) is 20.2 Å². The Balaban J connectivity index is 2.02. The molecule has 0 saturated heterocycles. The molecule has 1 amide bonds. The fourth-order valence-electron chi connectivity index (χ4n) is 2.06. The third-order valence-electron chi connectivity index (χ3n) is 3.15. The molecule has 0 atom stereocenters. The van der Waals surface area contributed by atoms with Gasteiger partial charge in [-0.15, -0.1) is 0 Å². The van der Waals surface area contributed by atoms with Crippen LogP contribution < -0.4 is 10.2 Å². The quantitative estimate of drug-likeness (QED) is 0.849. The first-order valence-corrected chi connectivity index (χ1v) is 6.90. The van der Waals surface area contributed by atoms with E-state index in [2.05, 4.69) is 15.3 Å². The number of benzene rings is 1. The number of likely N-dealkylation sites (N-methyl/N-ethyl adjacent to an activating group) is 2. The molecule has 0 aliphatic carbocycles. The second-order valence-corrected chi connectivity index (χ2v) is 5.22. The molecule has 0 saturated carbocycles. The third kappa shape index (κ3) is 4.13. The topological polar surface area (TPSA) is 61.4 Å². The van der Waals surface area contributed by atoms with Crippen molar-refractivity contribution in [2.45, 2.75) is 0 Å². The number of nitrogens with zero attached hydrogens (tertiary/aromatic N) is 4. The highest BCUT2D eigenvalue weighted by molar-refractivity contribution is 5.91. The number of amides is 1. The van der Waals surface area contributed by atoms with Crippen LogP contribution in [0.15, 0.2) is 30.6 Å². The van der Waals surface area contributed by atoms with E-state index in [-0.39, 0.29) is 12.5 Å². The average molecular weight is 287 g/mol. The van der Waals surface area contributed by atoms with Crippen LogP contribution in [0.3, 0.4) is 0 Å². The van der Waals surface area contributed by atoms with Gasteiger partial charge in [0.1, 0.15) is 12.1 Å². The first kappa shape index (κ1) is 15.2. The fraction of sp³-hybridized carbons (Fsp3) is 0.400. The van der Waals surface area contributed by atoms with Crippen molar-refractivity contribution in [2.24, 2.45) is 0 Å². The molecule has 0 unspecified atom stereocenters. The summed E-state index contributed by atoms with van der Waals surface area (Å²) >= 11 is 0. The van der Waals surface area contributed by atoms with Gasteiger partial charge in [0.25, 0.3) is 0 Å². The summed E-state index contributed by atoms with van der Waals surface area (Å²) in [5.74, 6) is 0.755. The van der Waals surface area contributed by atoms with Crippen LogP contribution in [-0.4, -0.2) is 61.6 Å². The molecular formula is C15H21N5O. The van der Waals surface area contributed by atoms with Gasteiger partial charge in [-0.05, 0) is 26.2 Å². The minimum atomic E-state index is -0.0120. The summed E-state index contributed by atoms with van der Waals surface area (Å²) in [7, 11) is 5.82. The maximum absolute atomic E-state index is 11.9. The summed E-state index contributed by atoms with van der Waals surface area (Å²) in [6.07, 6.45) is 1.53. The Morgan fingerprint density at radius 3 is 2.71 bits per heavy atom. The van der Waals surface area contributed by atoms with Gasteiger partial charge in [-0.3, -0.25) is 4.79 Å². The minimum Gasteiger partial charge on any atom is -0.353 e. The van der Waals surface area contributed by atoms with Crippen LogP contribution >= 0.6 is 0 Å². The van der Waals surface area contributed by atoms with Crippen molar-refractivity contribution in [3.63, 3.8) is 0 Å². The van der Waals surface area contributed by atoms with E-state index in [4.69, 9.17) is 0 Å². The molecule has 0 radical (unpaired) electrons. The van der Waals surface area contributed by atoms with E-state index in [9.17, 15) is 4.79 Å². The summed E-state index contributed by atoms with van der Waals surface area (Å²) in [4.78, 5) is 24.3. The molecule has 0 aliphatic rings. The molecule has 6 nitrogen and oxygen atoms in total. The van der Waals surface area contributed by atoms with E-state index < -0.39 is 0 Å². The van der Waals surface area contributed by atoms with Crippen molar-refractivity contribution in [1.29, 1.82) is 0 Å². The van der Waals surface area contributed by atoms with E-state index in [0.29, 0.717) is 6.54 Å². The summed E-state index contributed by atoms with van der Waals surface area (Å²) in [5.41, 5.74) is 0.877. The Kier molecular flexibility index (Phi) is 5.05. The number of hydrogen-bond acceptors (Lipinski definition) is 5. The van der Waals surface area contributed by atoms with Crippen LogP contribution in [0.5, 0.6) is 0 Å². The molecular weight excluding hydrogens is 266 g/mol. The van der Waals surface area contributed by atoms with Crippen LogP contribution in [0.1, 0.15) is 0 Å². The Morgan fingerprint density at radius 2 is 1.95 bits per heavy atom. The molecule has 1 aromatic carbocycles. The Hall–Kier alpha value is -2.21. The largest absolute Gasteiger partial charge is 0.353 e. The Labute approximate surface area is 124 Å². The summed E-state index contributed by atoms with van der Waals surface area (Å²) in [6.45, 7) is 1.74. The highest BCUT2D eigenvalue weighted by atomic mass is 16.2. The molecule has 0 spiro atoms. The lowest BCUT2D eigenvalue weighted by Gasteiger charge is -2.19. The zero-order valence-electron chi connectivity index (χ0n) is 12.7. The van der Waals surface area contributed by atoms with Gasteiger partial charge in [0, 0.05) is 25.5 Å². The van der Waals surface area contributed by atoms with Gasteiger partial charge < -0.3 is 15.1 Å². The molecule has 1 heterocycles. The van der Waals surface area contributed by atoms with Crippen molar-refractivity contribution >= 4 is 22.6 Å². The SMILES string of the molecule is CN(C)CCNC(=O)CN(C)c1ncnc2ccccc12. The van der Waals surface area contributed by atoms with E-state index in [0.717, 1.165) is 23.3 Å². The molecule has 0 aliphatic heterocycles. The standard InChI is InChI=1S/C15H21N5O/c1-19(2)9-8-16-14(21)10-20(3)15-12-6-4-5-7-13(12)17-11-18-15/h4-7,11H,8-10H2,1-3H3,(H,16,21). The molecule has 21 heavy (non-hydrogen) atoms. The number of fused-ring (bicyclic) bond motifs is 1. The number of para-hydroxylation sites is 1. The number of nitrogens with one attached hydrogen (secondary N) is 1. The van der Waals surface area contributed by atoms with Crippen molar-refractivity contribution < 1.29 is 4.79 Å². The third-order valence-corrected chi connectivity index (χ3v) is 3.15. The maximum atomic E-state index is 11.9. The first-order valence-electron chi connectivity index (χ1n) is 6.90. The number of carbonyl (C=O) groups is 1. The van der Waals surface area contributed by atoms with Crippen LogP contribution in [0.25, 0.3) is 10.9 Å². The van der Waals surface area contributed by atoms with E-state index in [1.165, 1.54) is 6.33 Å². The number of rotatable bonds is 6. The zero-order valence-corrected chi connectivity index (χ0v) is 12.7. The number of hydrogen-bond donors (Lipinski definition) is 1. The van der Waals surface area contributed by atoms with Gasteiger partial charge in [0.05, 0.1) is 12.1 Å². The predicted octanol–water partition coefficient (Wildman–Crippen LogP) is 0.744. The Morgan fingerprint density at radius 1 is 1.19 bits per heavy atom. The van der Waals surface area contributed by atoms with Gasteiger partial charge >= 0.3 is 0 Å². The van der Waals surface area contributed by atoms with Crippen LogP contribution in [0, 0.1) is 0 Å². The van der Waals surface area contributed by atoms with Crippen molar-refractivity contribution in [3.05, 3.63) is 30.6 Å². The zero-order chi connectivity index (χ0) is 15.2. The smallest absolute Gasteiger partial charge is 0.239 e. The number of aromatic nitrogens is 2. The van der Waals surface area contributed by atoms with Gasteiger partial charge in [-0.1, -0.05) is 12.1 Å². The van der Waals surface area contributed by atoms with Crippen molar-refractivity contribution in [3.8, 4) is 0 Å². The van der Waals surface area contributed by atoms with E-state index >= 15 is 0 Å². The molecule has 0 bridgehead atoms.